The SMILES string of the molecule is Cc1cc(S[C@@H]2CCc3ccccc3NC2=O)n2ncnc2n1. The van der Waals surface area contributed by atoms with Crippen LogP contribution in [0.15, 0.2) is 41.7 Å². The number of aromatic nitrogens is 4. The summed E-state index contributed by atoms with van der Waals surface area (Å²) in [5, 5.41) is 7.95. The molecular weight excluding hydrogens is 310 g/mol. The van der Waals surface area contributed by atoms with E-state index in [0.717, 1.165) is 29.2 Å². The summed E-state index contributed by atoms with van der Waals surface area (Å²) in [7, 11) is 0. The van der Waals surface area contributed by atoms with Crippen molar-refractivity contribution >= 4 is 29.1 Å². The van der Waals surface area contributed by atoms with Crippen molar-refractivity contribution < 1.29 is 4.79 Å². The molecule has 0 saturated heterocycles. The molecule has 4 rings (SSSR count). The van der Waals surface area contributed by atoms with Gasteiger partial charge in [-0.25, -0.2) is 4.98 Å². The number of benzene rings is 1. The zero-order valence-corrected chi connectivity index (χ0v) is 13.4. The summed E-state index contributed by atoms with van der Waals surface area (Å²) >= 11 is 1.51. The Hall–Kier alpha value is -2.41. The second-order valence-electron chi connectivity index (χ2n) is 5.50. The Labute approximate surface area is 137 Å². The quantitative estimate of drug-likeness (QED) is 0.733. The molecule has 23 heavy (non-hydrogen) atoms. The summed E-state index contributed by atoms with van der Waals surface area (Å²) in [6.45, 7) is 1.92. The molecule has 1 amide bonds. The number of hydrogen-bond acceptors (Lipinski definition) is 5. The summed E-state index contributed by atoms with van der Waals surface area (Å²) < 4.78 is 1.68. The maximum absolute atomic E-state index is 12.5. The molecule has 3 aromatic rings. The number of nitrogens with zero attached hydrogens (tertiary/aromatic N) is 4. The van der Waals surface area contributed by atoms with Gasteiger partial charge < -0.3 is 5.32 Å². The molecule has 1 aliphatic heterocycles. The molecule has 1 aromatic carbocycles. The average molecular weight is 325 g/mol. The fourth-order valence-corrected chi connectivity index (χ4v) is 3.89. The van der Waals surface area contributed by atoms with Crippen molar-refractivity contribution in [3.05, 3.63) is 47.9 Å². The van der Waals surface area contributed by atoms with Gasteiger partial charge in [-0.1, -0.05) is 30.0 Å². The van der Waals surface area contributed by atoms with Crippen LogP contribution in [-0.4, -0.2) is 30.7 Å². The summed E-state index contributed by atoms with van der Waals surface area (Å²) in [4.78, 5) is 21.0. The van der Waals surface area contributed by atoms with Crippen molar-refractivity contribution in [2.75, 3.05) is 5.32 Å². The van der Waals surface area contributed by atoms with Crippen LogP contribution in [0, 0.1) is 6.92 Å². The van der Waals surface area contributed by atoms with Gasteiger partial charge in [-0.2, -0.15) is 14.6 Å². The predicted molar refractivity (Wildman–Crippen MR) is 88.6 cm³/mol. The van der Waals surface area contributed by atoms with Crippen LogP contribution in [0.1, 0.15) is 17.7 Å². The Morgan fingerprint density at radius 3 is 3.13 bits per heavy atom. The third kappa shape index (κ3) is 2.68. The molecule has 0 unspecified atom stereocenters. The van der Waals surface area contributed by atoms with Crippen LogP contribution in [0.4, 0.5) is 5.69 Å². The summed E-state index contributed by atoms with van der Waals surface area (Å²) in [6, 6.07) is 9.90. The lowest BCUT2D eigenvalue weighted by Crippen LogP contribution is -2.24. The van der Waals surface area contributed by atoms with Gasteiger partial charge in [-0.15, -0.1) is 0 Å². The number of carbonyl (C=O) groups excluding carboxylic acids is 1. The van der Waals surface area contributed by atoms with E-state index >= 15 is 0 Å². The lowest BCUT2D eigenvalue weighted by atomic mass is 10.1. The van der Waals surface area contributed by atoms with Crippen LogP contribution in [-0.2, 0) is 11.2 Å². The average Bonchev–Trinajstić information content (AvgIpc) is 2.94. The third-order valence-electron chi connectivity index (χ3n) is 3.85. The highest BCUT2D eigenvalue weighted by Crippen LogP contribution is 2.31. The van der Waals surface area contributed by atoms with Crippen molar-refractivity contribution in [3.8, 4) is 0 Å². The van der Waals surface area contributed by atoms with E-state index in [1.54, 1.807) is 4.52 Å². The van der Waals surface area contributed by atoms with Crippen molar-refractivity contribution in [1.29, 1.82) is 0 Å². The van der Waals surface area contributed by atoms with Crippen LogP contribution in [0.3, 0.4) is 0 Å². The topological polar surface area (TPSA) is 72.2 Å². The van der Waals surface area contributed by atoms with Gasteiger partial charge in [0.25, 0.3) is 5.78 Å². The smallest absolute Gasteiger partial charge is 0.253 e. The van der Waals surface area contributed by atoms with Crippen molar-refractivity contribution in [3.63, 3.8) is 0 Å². The maximum atomic E-state index is 12.5. The zero-order chi connectivity index (χ0) is 15.8. The van der Waals surface area contributed by atoms with Gasteiger partial charge in [-0.3, -0.25) is 4.79 Å². The van der Waals surface area contributed by atoms with Gasteiger partial charge >= 0.3 is 0 Å². The monoisotopic (exact) mass is 325 g/mol. The zero-order valence-electron chi connectivity index (χ0n) is 12.6. The van der Waals surface area contributed by atoms with Crippen LogP contribution in [0.25, 0.3) is 5.78 Å². The molecule has 0 fully saturated rings. The second kappa shape index (κ2) is 5.66. The molecule has 1 atom stereocenters. The van der Waals surface area contributed by atoms with Crippen molar-refractivity contribution in [2.24, 2.45) is 0 Å². The fourth-order valence-electron chi connectivity index (χ4n) is 2.73. The molecule has 1 N–H and O–H groups in total. The first kappa shape index (κ1) is 14.2. The minimum Gasteiger partial charge on any atom is -0.325 e. The van der Waals surface area contributed by atoms with E-state index in [2.05, 4.69) is 26.4 Å². The van der Waals surface area contributed by atoms with E-state index in [1.165, 1.54) is 23.7 Å². The van der Waals surface area contributed by atoms with Crippen molar-refractivity contribution in [1.82, 2.24) is 19.6 Å². The molecule has 116 valence electrons. The Morgan fingerprint density at radius 2 is 2.22 bits per heavy atom. The first-order chi connectivity index (χ1) is 11.2. The molecule has 0 bridgehead atoms. The lowest BCUT2D eigenvalue weighted by molar-refractivity contribution is -0.115. The molecule has 6 nitrogen and oxygen atoms in total. The Balaban J connectivity index is 1.64. The number of para-hydroxylation sites is 1. The summed E-state index contributed by atoms with van der Waals surface area (Å²) in [5.74, 6) is 0.590. The predicted octanol–water partition coefficient (Wildman–Crippen LogP) is 2.48. The Morgan fingerprint density at radius 1 is 1.35 bits per heavy atom. The van der Waals surface area contributed by atoms with Gasteiger partial charge in [0.1, 0.15) is 11.4 Å². The number of rotatable bonds is 2. The highest BCUT2D eigenvalue weighted by molar-refractivity contribution is 8.00. The number of amides is 1. The van der Waals surface area contributed by atoms with E-state index in [-0.39, 0.29) is 11.2 Å². The fraction of sp³-hybridized carbons (Fsp3) is 0.250. The van der Waals surface area contributed by atoms with Gasteiger partial charge in [0.05, 0.1) is 5.25 Å². The number of thioether (sulfide) groups is 1. The molecule has 2 aromatic heterocycles. The third-order valence-corrected chi connectivity index (χ3v) is 5.12. The van der Waals surface area contributed by atoms with Crippen LogP contribution in [0.5, 0.6) is 0 Å². The normalized spacial score (nSPS) is 17.6. The second-order valence-corrected chi connectivity index (χ2v) is 6.72. The minimum atomic E-state index is -0.170. The van der Waals surface area contributed by atoms with Gasteiger partial charge in [0.2, 0.25) is 5.91 Å². The van der Waals surface area contributed by atoms with Gasteiger partial charge in [-0.05, 0) is 37.5 Å². The van der Waals surface area contributed by atoms with Gasteiger partial charge in [0.15, 0.2) is 0 Å². The Bertz CT molecular complexity index is 891. The summed E-state index contributed by atoms with van der Waals surface area (Å²) in [6.07, 6.45) is 3.14. The van der Waals surface area contributed by atoms with Crippen LogP contribution < -0.4 is 5.32 Å². The van der Waals surface area contributed by atoms with E-state index < -0.39 is 0 Å². The molecule has 1 aliphatic rings. The van der Waals surface area contributed by atoms with Gasteiger partial charge in [0, 0.05) is 11.4 Å². The number of aryl methyl sites for hydroxylation is 2. The highest BCUT2D eigenvalue weighted by Gasteiger charge is 2.25. The maximum Gasteiger partial charge on any atom is 0.253 e. The first-order valence-corrected chi connectivity index (χ1v) is 8.31. The molecule has 0 spiro atoms. The minimum absolute atomic E-state index is 0.0303. The summed E-state index contributed by atoms with van der Waals surface area (Å²) in [5.41, 5.74) is 2.96. The molecule has 3 heterocycles. The van der Waals surface area contributed by atoms with Crippen LogP contribution >= 0.6 is 11.8 Å². The number of anilines is 1. The highest BCUT2D eigenvalue weighted by atomic mass is 32.2. The van der Waals surface area contributed by atoms with Crippen LogP contribution in [0.2, 0.25) is 0 Å². The molecular formula is C16H15N5OS. The number of hydrogen-bond donors (Lipinski definition) is 1. The lowest BCUT2D eigenvalue weighted by Gasteiger charge is -2.13. The molecule has 0 saturated carbocycles. The largest absolute Gasteiger partial charge is 0.325 e. The first-order valence-electron chi connectivity index (χ1n) is 7.43. The molecule has 7 heteroatoms. The van der Waals surface area contributed by atoms with E-state index in [1.807, 2.05) is 31.2 Å². The van der Waals surface area contributed by atoms with E-state index in [0.29, 0.717) is 5.78 Å². The molecule has 0 aliphatic carbocycles. The Kier molecular flexibility index (Phi) is 3.49. The standard InChI is InChI=1S/C16H15N5OS/c1-10-8-14(21-16(19-10)17-9-18-21)23-13-7-6-11-4-2-3-5-12(11)20-15(13)22/h2-5,8-9,13H,6-7H2,1H3,(H,20,22)/t13-/m1/s1. The van der Waals surface area contributed by atoms with Crippen molar-refractivity contribution in [2.45, 2.75) is 30.0 Å². The number of carbonyl (C=O) groups is 1. The van der Waals surface area contributed by atoms with E-state index in [4.69, 9.17) is 0 Å². The molecule has 0 radical (unpaired) electrons. The number of nitrogens with one attached hydrogen (secondary N) is 1. The van der Waals surface area contributed by atoms with E-state index in [9.17, 15) is 4.79 Å². The number of fused-ring (bicyclic) bond motifs is 2.